The minimum absolute atomic E-state index is 0.118. The molecule has 1 atom stereocenters. The van der Waals surface area contributed by atoms with Crippen molar-refractivity contribution >= 4 is 40.7 Å². The maximum absolute atomic E-state index is 13.8. The van der Waals surface area contributed by atoms with Crippen molar-refractivity contribution in [2.45, 2.75) is 26.4 Å². The Balaban J connectivity index is 1.69. The Kier molecular flexibility index (Phi) is 9.48. The molecule has 0 saturated heterocycles. The number of benzene rings is 2. The molecule has 0 saturated carbocycles. The Morgan fingerprint density at radius 3 is 2.33 bits per heavy atom. The van der Waals surface area contributed by atoms with Crippen LogP contribution in [-0.2, 0) is 20.9 Å². The van der Waals surface area contributed by atoms with Gasteiger partial charge in [0, 0.05) is 5.69 Å². The highest BCUT2D eigenvalue weighted by molar-refractivity contribution is 7.12. The smallest absolute Gasteiger partial charge is 0.338 e. The van der Waals surface area contributed by atoms with Crippen molar-refractivity contribution in [1.29, 1.82) is 0 Å². The van der Waals surface area contributed by atoms with Crippen LogP contribution in [0.15, 0.2) is 88.9 Å². The van der Waals surface area contributed by atoms with E-state index in [4.69, 9.17) is 9.15 Å². The van der Waals surface area contributed by atoms with E-state index in [1.54, 1.807) is 60.8 Å². The van der Waals surface area contributed by atoms with Crippen LogP contribution in [0, 0.1) is 6.92 Å². The van der Waals surface area contributed by atoms with Crippen molar-refractivity contribution in [2.24, 2.45) is 0 Å². The second-order valence-corrected chi connectivity index (χ2v) is 9.75. The van der Waals surface area contributed by atoms with Gasteiger partial charge in [-0.25, -0.2) is 4.79 Å². The molecule has 0 fully saturated rings. The number of rotatable bonds is 11. The molecule has 2 heterocycles. The first-order valence-corrected chi connectivity index (χ1v) is 13.5. The average Bonchev–Trinajstić information content (AvgIpc) is 3.69. The van der Waals surface area contributed by atoms with Crippen LogP contribution < -0.4 is 15.5 Å². The van der Waals surface area contributed by atoms with Gasteiger partial charge < -0.3 is 19.8 Å². The number of carbonyl (C=O) groups excluding carboxylic acids is 4. The van der Waals surface area contributed by atoms with E-state index < -0.39 is 29.7 Å². The number of hydrogen-bond donors (Lipinski definition) is 2. The zero-order valence-electron chi connectivity index (χ0n) is 22.1. The fraction of sp³-hybridized carbons (Fsp3) is 0.200. The first-order chi connectivity index (χ1) is 19.4. The van der Waals surface area contributed by atoms with E-state index in [2.05, 4.69) is 10.6 Å². The monoisotopic (exact) mass is 559 g/mol. The Morgan fingerprint density at radius 2 is 1.70 bits per heavy atom. The second-order valence-electron chi connectivity index (χ2n) is 8.80. The fourth-order valence-corrected chi connectivity index (χ4v) is 4.64. The third-order valence-electron chi connectivity index (χ3n) is 5.99. The lowest BCUT2D eigenvalue weighted by molar-refractivity contribution is -0.126. The summed E-state index contributed by atoms with van der Waals surface area (Å²) in [7, 11) is 0. The summed E-state index contributed by atoms with van der Waals surface area (Å²) in [6.45, 7) is 3.62. The number of carbonyl (C=O) groups is 4. The highest BCUT2D eigenvalue weighted by Crippen LogP contribution is 2.29. The second kappa shape index (κ2) is 13.4. The van der Waals surface area contributed by atoms with Crippen LogP contribution in [-0.4, -0.2) is 36.8 Å². The molecule has 0 aliphatic heterocycles. The predicted molar refractivity (Wildman–Crippen MR) is 151 cm³/mol. The predicted octanol–water partition coefficient (Wildman–Crippen LogP) is 4.65. The SMILES string of the molecule is CCOC(=O)c1ccc(N(C(=O)CNC(=O)c2cccs2)C(C(=O)NCc2ccco2)c2ccc(C)cc2)cc1. The van der Waals surface area contributed by atoms with Gasteiger partial charge in [-0.1, -0.05) is 35.9 Å². The molecule has 0 aliphatic rings. The molecule has 0 aliphatic carbocycles. The lowest BCUT2D eigenvalue weighted by atomic mass is 10.0. The molecule has 0 spiro atoms. The molecule has 9 nitrogen and oxygen atoms in total. The van der Waals surface area contributed by atoms with Crippen LogP contribution in [0.1, 0.15) is 49.9 Å². The van der Waals surface area contributed by atoms with E-state index in [0.717, 1.165) is 5.56 Å². The maximum atomic E-state index is 13.8. The number of anilines is 1. The molecular formula is C30H29N3O6S. The third-order valence-corrected chi connectivity index (χ3v) is 6.86. The molecule has 2 N–H and O–H groups in total. The van der Waals surface area contributed by atoms with Gasteiger partial charge >= 0.3 is 5.97 Å². The first kappa shape index (κ1) is 28.3. The lowest BCUT2D eigenvalue weighted by Gasteiger charge is -2.31. The first-order valence-electron chi connectivity index (χ1n) is 12.6. The summed E-state index contributed by atoms with van der Waals surface area (Å²) >= 11 is 1.26. The van der Waals surface area contributed by atoms with Gasteiger partial charge in [-0.3, -0.25) is 19.3 Å². The normalized spacial score (nSPS) is 11.3. The number of amides is 3. The Labute approximate surface area is 235 Å². The Morgan fingerprint density at radius 1 is 0.950 bits per heavy atom. The van der Waals surface area contributed by atoms with Crippen LogP contribution in [0.2, 0.25) is 0 Å². The lowest BCUT2D eigenvalue weighted by Crippen LogP contribution is -2.47. The number of furan rings is 1. The van der Waals surface area contributed by atoms with Crippen molar-refractivity contribution in [3.63, 3.8) is 0 Å². The fourth-order valence-electron chi connectivity index (χ4n) is 4.00. The quantitative estimate of drug-likeness (QED) is 0.259. The summed E-state index contributed by atoms with van der Waals surface area (Å²) in [5.41, 5.74) is 2.22. The van der Waals surface area contributed by atoms with Crippen LogP contribution >= 0.6 is 11.3 Å². The molecule has 4 rings (SSSR count). The topological polar surface area (TPSA) is 118 Å². The highest BCUT2D eigenvalue weighted by Gasteiger charge is 2.33. The summed E-state index contributed by atoms with van der Waals surface area (Å²) in [5.74, 6) is -1.31. The average molecular weight is 560 g/mol. The van der Waals surface area contributed by atoms with Crippen LogP contribution in [0.3, 0.4) is 0 Å². The van der Waals surface area contributed by atoms with Gasteiger partial charge in [0.15, 0.2) is 0 Å². The summed E-state index contributed by atoms with van der Waals surface area (Å²) < 4.78 is 10.4. The van der Waals surface area contributed by atoms with E-state index in [9.17, 15) is 19.2 Å². The molecule has 2 aromatic heterocycles. The largest absolute Gasteiger partial charge is 0.467 e. The van der Waals surface area contributed by atoms with E-state index in [0.29, 0.717) is 27.5 Å². The number of hydrogen-bond acceptors (Lipinski definition) is 7. The van der Waals surface area contributed by atoms with Gasteiger partial charge in [0.2, 0.25) is 11.8 Å². The van der Waals surface area contributed by atoms with Crippen molar-refractivity contribution in [2.75, 3.05) is 18.1 Å². The Hall–Kier alpha value is -4.70. The molecule has 40 heavy (non-hydrogen) atoms. The zero-order chi connectivity index (χ0) is 28.5. The molecule has 1 unspecified atom stereocenters. The molecule has 2 aromatic carbocycles. The zero-order valence-corrected chi connectivity index (χ0v) is 22.9. The Bertz CT molecular complexity index is 1430. The molecular weight excluding hydrogens is 530 g/mol. The van der Waals surface area contributed by atoms with E-state index in [1.807, 2.05) is 19.1 Å². The van der Waals surface area contributed by atoms with Crippen LogP contribution in [0.4, 0.5) is 5.69 Å². The highest BCUT2D eigenvalue weighted by atomic mass is 32.1. The van der Waals surface area contributed by atoms with Gasteiger partial charge in [-0.15, -0.1) is 11.3 Å². The molecule has 10 heteroatoms. The van der Waals surface area contributed by atoms with Crippen LogP contribution in [0.25, 0.3) is 0 Å². The molecule has 0 radical (unpaired) electrons. The van der Waals surface area contributed by atoms with E-state index >= 15 is 0 Å². The molecule has 4 aromatic rings. The number of aryl methyl sites for hydroxylation is 1. The number of ether oxygens (including phenoxy) is 1. The van der Waals surface area contributed by atoms with E-state index in [-0.39, 0.29) is 19.7 Å². The molecule has 206 valence electrons. The van der Waals surface area contributed by atoms with Crippen molar-refractivity contribution < 1.29 is 28.3 Å². The minimum Gasteiger partial charge on any atom is -0.467 e. The third kappa shape index (κ3) is 7.03. The van der Waals surface area contributed by atoms with Gasteiger partial charge in [-0.05, 0) is 67.3 Å². The van der Waals surface area contributed by atoms with E-state index in [1.165, 1.54) is 34.6 Å². The summed E-state index contributed by atoms with van der Waals surface area (Å²) in [5, 5.41) is 7.27. The molecule has 0 bridgehead atoms. The van der Waals surface area contributed by atoms with Crippen molar-refractivity contribution in [3.8, 4) is 0 Å². The number of nitrogens with one attached hydrogen (secondary N) is 2. The number of esters is 1. The minimum atomic E-state index is -1.09. The summed E-state index contributed by atoms with van der Waals surface area (Å²) in [4.78, 5) is 54.1. The van der Waals surface area contributed by atoms with Crippen molar-refractivity contribution in [3.05, 3.63) is 112 Å². The maximum Gasteiger partial charge on any atom is 0.338 e. The van der Waals surface area contributed by atoms with Gasteiger partial charge in [-0.2, -0.15) is 0 Å². The summed E-state index contributed by atoms with van der Waals surface area (Å²) in [6.07, 6.45) is 1.51. The number of nitrogens with zero attached hydrogens (tertiary/aromatic N) is 1. The van der Waals surface area contributed by atoms with Crippen LogP contribution in [0.5, 0.6) is 0 Å². The molecule has 3 amide bonds. The number of thiophene rings is 1. The standard InChI is InChI=1S/C30H29N3O6S/c1-3-38-30(37)22-12-14-23(15-13-22)33(26(34)19-32-28(35)25-7-5-17-40-25)27(21-10-8-20(2)9-11-21)29(36)31-18-24-6-4-16-39-24/h4-17,27H,3,18-19H2,1-2H3,(H,31,36)(H,32,35). The van der Waals surface area contributed by atoms with Crippen molar-refractivity contribution in [1.82, 2.24) is 10.6 Å². The summed E-state index contributed by atoms with van der Waals surface area (Å²) in [6, 6.07) is 19.3. The van der Waals surface area contributed by atoms with Gasteiger partial charge in [0.25, 0.3) is 5.91 Å². The van der Waals surface area contributed by atoms with Gasteiger partial charge in [0.1, 0.15) is 11.8 Å². The van der Waals surface area contributed by atoms with Gasteiger partial charge in [0.05, 0.1) is 36.4 Å².